The van der Waals surface area contributed by atoms with Crippen LogP contribution < -0.4 is 10.1 Å². The molecule has 0 unspecified atom stereocenters. The Hall–Kier alpha value is -2.11. The highest BCUT2D eigenvalue weighted by Gasteiger charge is 2.04. The van der Waals surface area contributed by atoms with Gasteiger partial charge in [-0.1, -0.05) is 0 Å². The maximum absolute atomic E-state index is 5.36. The third-order valence-electron chi connectivity index (χ3n) is 2.08. The van der Waals surface area contributed by atoms with E-state index < -0.39 is 0 Å². The number of nitrogens with zero attached hydrogens (tertiary/aromatic N) is 4. The molecule has 0 amide bonds. The second-order valence-electron chi connectivity index (χ2n) is 3.63. The molecule has 0 spiro atoms. The van der Waals surface area contributed by atoms with Gasteiger partial charge in [0.25, 0.3) is 0 Å². The van der Waals surface area contributed by atoms with E-state index in [-0.39, 0.29) is 0 Å². The second-order valence-corrected chi connectivity index (χ2v) is 3.63. The van der Waals surface area contributed by atoms with Crippen LogP contribution in [-0.4, -0.2) is 26.4 Å². The van der Waals surface area contributed by atoms with Crippen molar-refractivity contribution in [2.75, 3.05) is 11.9 Å². The van der Waals surface area contributed by atoms with Crippen molar-refractivity contribution in [2.24, 2.45) is 7.05 Å². The van der Waals surface area contributed by atoms with E-state index in [1.54, 1.807) is 16.9 Å². The number of anilines is 2. The average molecular weight is 233 g/mol. The smallest absolute Gasteiger partial charge is 0.230 e. The van der Waals surface area contributed by atoms with E-state index in [0.29, 0.717) is 18.4 Å². The Morgan fingerprint density at radius 1 is 1.41 bits per heavy atom. The predicted octanol–water partition coefficient (Wildman–Crippen LogP) is 1.66. The Balaban J connectivity index is 2.20. The number of nitrogens with one attached hydrogen (secondary N) is 1. The minimum absolute atomic E-state index is 0.515. The zero-order valence-electron chi connectivity index (χ0n) is 10.1. The topological polar surface area (TPSA) is 64.9 Å². The lowest BCUT2D eigenvalue weighted by Gasteiger charge is -2.06. The second kappa shape index (κ2) is 4.82. The van der Waals surface area contributed by atoms with Gasteiger partial charge in [-0.3, -0.25) is 4.68 Å². The molecule has 0 saturated heterocycles. The van der Waals surface area contributed by atoms with E-state index in [1.165, 1.54) is 0 Å². The summed E-state index contributed by atoms with van der Waals surface area (Å²) in [6.07, 6.45) is 3.57. The number of aromatic nitrogens is 4. The number of hydrogen-bond acceptors (Lipinski definition) is 5. The average Bonchev–Trinajstić information content (AvgIpc) is 2.63. The first-order valence-corrected chi connectivity index (χ1v) is 5.41. The molecule has 2 aromatic heterocycles. The predicted molar refractivity (Wildman–Crippen MR) is 64.4 cm³/mol. The molecule has 0 fully saturated rings. The van der Waals surface area contributed by atoms with Crippen molar-refractivity contribution in [1.29, 1.82) is 0 Å². The Morgan fingerprint density at radius 3 is 2.88 bits per heavy atom. The van der Waals surface area contributed by atoms with Crippen LogP contribution in [-0.2, 0) is 7.05 Å². The zero-order valence-corrected chi connectivity index (χ0v) is 10.1. The lowest BCUT2D eigenvalue weighted by Crippen LogP contribution is -2.01. The molecule has 0 aliphatic carbocycles. The molecule has 90 valence electrons. The quantitative estimate of drug-likeness (QED) is 0.870. The molecular formula is C11H15N5O. The summed E-state index contributed by atoms with van der Waals surface area (Å²) in [7, 11) is 1.86. The van der Waals surface area contributed by atoms with E-state index >= 15 is 0 Å². The molecule has 1 N–H and O–H groups in total. The maximum Gasteiger partial charge on any atom is 0.230 e. The van der Waals surface area contributed by atoms with Gasteiger partial charge in [-0.15, -0.1) is 0 Å². The largest absolute Gasteiger partial charge is 0.478 e. The molecule has 6 nitrogen and oxygen atoms in total. The maximum atomic E-state index is 5.36. The van der Waals surface area contributed by atoms with Crippen molar-refractivity contribution in [3.63, 3.8) is 0 Å². The molecule has 0 radical (unpaired) electrons. The Kier molecular flexibility index (Phi) is 3.22. The minimum Gasteiger partial charge on any atom is -0.478 e. The molecule has 0 saturated carbocycles. The van der Waals surface area contributed by atoms with Crippen LogP contribution in [0.15, 0.2) is 18.5 Å². The fourth-order valence-corrected chi connectivity index (χ4v) is 1.43. The molecule has 0 aliphatic heterocycles. The highest BCUT2D eigenvalue weighted by atomic mass is 16.5. The first kappa shape index (κ1) is 11.4. The van der Waals surface area contributed by atoms with Crippen LogP contribution in [0.25, 0.3) is 0 Å². The van der Waals surface area contributed by atoms with E-state index in [2.05, 4.69) is 20.4 Å². The molecule has 2 rings (SSSR count). The van der Waals surface area contributed by atoms with E-state index in [0.717, 1.165) is 11.4 Å². The van der Waals surface area contributed by atoms with E-state index in [4.69, 9.17) is 4.74 Å². The molecule has 0 bridgehead atoms. The fourth-order valence-electron chi connectivity index (χ4n) is 1.43. The zero-order chi connectivity index (χ0) is 12.3. The van der Waals surface area contributed by atoms with Gasteiger partial charge in [-0.2, -0.15) is 10.1 Å². The molecular weight excluding hydrogens is 218 g/mol. The van der Waals surface area contributed by atoms with Gasteiger partial charge < -0.3 is 10.1 Å². The van der Waals surface area contributed by atoms with Crippen molar-refractivity contribution in [2.45, 2.75) is 13.8 Å². The van der Waals surface area contributed by atoms with Gasteiger partial charge in [-0.25, -0.2) is 4.98 Å². The molecule has 0 atom stereocenters. The SMILES string of the molecule is CCOc1cc(C)nc(Nc2cnn(C)c2)n1. The molecule has 17 heavy (non-hydrogen) atoms. The minimum atomic E-state index is 0.515. The summed E-state index contributed by atoms with van der Waals surface area (Å²) in [5.41, 5.74) is 1.70. The molecule has 2 aromatic rings. The van der Waals surface area contributed by atoms with Gasteiger partial charge in [0.15, 0.2) is 0 Å². The summed E-state index contributed by atoms with van der Waals surface area (Å²) in [5, 5.41) is 7.14. The highest BCUT2D eigenvalue weighted by molar-refractivity contribution is 5.50. The molecule has 0 aromatic carbocycles. The van der Waals surface area contributed by atoms with E-state index in [1.807, 2.05) is 27.1 Å². The third kappa shape index (κ3) is 2.93. The fraction of sp³-hybridized carbons (Fsp3) is 0.364. The van der Waals surface area contributed by atoms with Crippen LogP contribution in [0.2, 0.25) is 0 Å². The van der Waals surface area contributed by atoms with Crippen LogP contribution in [0.1, 0.15) is 12.6 Å². The Morgan fingerprint density at radius 2 is 2.24 bits per heavy atom. The summed E-state index contributed by atoms with van der Waals surface area (Å²) in [6, 6.07) is 1.80. The third-order valence-corrected chi connectivity index (χ3v) is 2.08. The summed E-state index contributed by atoms with van der Waals surface area (Å²) in [5.74, 6) is 1.09. The number of aryl methyl sites for hydroxylation is 2. The standard InChI is InChI=1S/C11H15N5O/c1-4-17-10-5-8(2)13-11(15-10)14-9-6-12-16(3)7-9/h5-7H,4H2,1-3H3,(H,13,14,15). The van der Waals surface area contributed by atoms with Crippen molar-refractivity contribution in [1.82, 2.24) is 19.7 Å². The summed E-state index contributed by atoms with van der Waals surface area (Å²) in [4.78, 5) is 8.53. The summed E-state index contributed by atoms with van der Waals surface area (Å²) >= 11 is 0. The van der Waals surface area contributed by atoms with Crippen LogP contribution in [0, 0.1) is 6.92 Å². The number of ether oxygens (including phenoxy) is 1. The van der Waals surface area contributed by atoms with Crippen molar-refractivity contribution in [3.05, 3.63) is 24.2 Å². The van der Waals surface area contributed by atoms with Crippen LogP contribution >= 0.6 is 0 Å². The van der Waals surface area contributed by atoms with Crippen molar-refractivity contribution < 1.29 is 4.74 Å². The number of hydrogen-bond donors (Lipinski definition) is 1. The van der Waals surface area contributed by atoms with Gasteiger partial charge in [0.05, 0.1) is 18.5 Å². The number of rotatable bonds is 4. The first-order valence-electron chi connectivity index (χ1n) is 5.41. The van der Waals surface area contributed by atoms with Gasteiger partial charge in [0, 0.05) is 25.0 Å². The van der Waals surface area contributed by atoms with Crippen molar-refractivity contribution in [3.8, 4) is 5.88 Å². The monoisotopic (exact) mass is 233 g/mol. The first-order chi connectivity index (χ1) is 8.17. The summed E-state index contributed by atoms with van der Waals surface area (Å²) < 4.78 is 7.07. The highest BCUT2D eigenvalue weighted by Crippen LogP contribution is 2.16. The van der Waals surface area contributed by atoms with Gasteiger partial charge >= 0.3 is 0 Å². The summed E-state index contributed by atoms with van der Waals surface area (Å²) in [6.45, 7) is 4.41. The lowest BCUT2D eigenvalue weighted by molar-refractivity contribution is 0.326. The molecule has 2 heterocycles. The van der Waals surface area contributed by atoms with Crippen LogP contribution in [0.4, 0.5) is 11.6 Å². The Labute approximate surface area is 99.7 Å². The van der Waals surface area contributed by atoms with Crippen molar-refractivity contribution >= 4 is 11.6 Å². The lowest BCUT2D eigenvalue weighted by atomic mass is 10.4. The van der Waals surface area contributed by atoms with Gasteiger partial charge in [-0.05, 0) is 13.8 Å². The van der Waals surface area contributed by atoms with Crippen LogP contribution in [0.5, 0.6) is 5.88 Å². The Bertz CT molecular complexity index is 508. The normalized spacial score (nSPS) is 10.3. The van der Waals surface area contributed by atoms with Crippen LogP contribution in [0.3, 0.4) is 0 Å². The van der Waals surface area contributed by atoms with E-state index in [9.17, 15) is 0 Å². The van der Waals surface area contributed by atoms with Gasteiger partial charge in [0.1, 0.15) is 0 Å². The molecule has 0 aliphatic rings. The molecule has 6 heteroatoms. The van der Waals surface area contributed by atoms with Gasteiger partial charge in [0.2, 0.25) is 11.8 Å².